The highest BCUT2D eigenvalue weighted by Gasteiger charge is 2.33. The van der Waals surface area contributed by atoms with Gasteiger partial charge >= 0.3 is 6.09 Å². The van der Waals surface area contributed by atoms with Crippen molar-refractivity contribution in [3.05, 3.63) is 41.9 Å². The molecule has 3 heterocycles. The molecule has 1 aromatic carbocycles. The minimum atomic E-state index is -0.590. The van der Waals surface area contributed by atoms with E-state index in [0.717, 1.165) is 11.8 Å². The fraction of sp³-hybridized carbons (Fsp3) is 0.250. The molecule has 1 atom stereocenters. The summed E-state index contributed by atoms with van der Waals surface area (Å²) in [5.74, 6) is -0.326. The van der Waals surface area contributed by atoms with Crippen LogP contribution in [0.5, 0.6) is 5.88 Å². The van der Waals surface area contributed by atoms with Gasteiger partial charge in [-0.05, 0) is 23.4 Å². The molecule has 9 nitrogen and oxygen atoms in total. The van der Waals surface area contributed by atoms with E-state index in [1.54, 1.807) is 6.07 Å². The Morgan fingerprint density at radius 3 is 2.96 bits per heavy atom. The number of halogens is 1. The quantitative estimate of drug-likeness (QED) is 0.826. The number of ether oxygens (including phenoxy) is 2. The normalized spacial score (nSPS) is 19.5. The molecule has 1 N–H and O–H groups in total. The van der Waals surface area contributed by atoms with Crippen molar-refractivity contribution in [2.75, 3.05) is 23.8 Å². The number of nitrogens with zero attached hydrogens (tertiary/aromatic N) is 3. The summed E-state index contributed by atoms with van der Waals surface area (Å²) in [6.45, 7) is 0.309. The standard InChI is InChI=1S/C16H13FN4O5S/c17-12-5-9(1-2-11(12)15-19-18-13(22)8-27-15)21-6-10(26-16(21)23)7-24-14-3-4-25-20-14/h1-5,10H,6-8H2,(H,18,22)/t10-/m0/s1. The Hall–Kier alpha value is -3.08. The van der Waals surface area contributed by atoms with Gasteiger partial charge in [0.2, 0.25) is 0 Å². The van der Waals surface area contributed by atoms with Gasteiger partial charge in [-0.25, -0.2) is 14.6 Å². The van der Waals surface area contributed by atoms with Crippen LogP contribution in [0.2, 0.25) is 0 Å². The van der Waals surface area contributed by atoms with Crippen molar-refractivity contribution in [2.24, 2.45) is 5.10 Å². The van der Waals surface area contributed by atoms with E-state index in [4.69, 9.17) is 9.47 Å². The zero-order valence-electron chi connectivity index (χ0n) is 13.8. The monoisotopic (exact) mass is 392 g/mol. The Bertz CT molecular complexity index is 904. The van der Waals surface area contributed by atoms with Crippen LogP contribution in [0.25, 0.3) is 0 Å². The molecule has 140 valence electrons. The Balaban J connectivity index is 1.44. The lowest BCUT2D eigenvalue weighted by molar-refractivity contribution is -0.118. The van der Waals surface area contributed by atoms with Crippen LogP contribution in [-0.2, 0) is 9.53 Å². The maximum atomic E-state index is 14.5. The molecule has 2 amide bonds. The molecular formula is C16H13FN4O5S. The van der Waals surface area contributed by atoms with Gasteiger partial charge in [-0.2, -0.15) is 5.10 Å². The highest BCUT2D eigenvalue weighted by Crippen LogP contribution is 2.27. The maximum absolute atomic E-state index is 14.5. The van der Waals surface area contributed by atoms with Crippen LogP contribution in [0, 0.1) is 5.82 Å². The molecule has 0 saturated carbocycles. The highest BCUT2D eigenvalue weighted by molar-refractivity contribution is 8.15. The first-order valence-electron chi connectivity index (χ1n) is 7.91. The summed E-state index contributed by atoms with van der Waals surface area (Å²) in [5, 5.41) is 7.83. The second-order valence-corrected chi connectivity index (χ2v) is 6.63. The first-order valence-corrected chi connectivity index (χ1v) is 8.89. The van der Waals surface area contributed by atoms with E-state index in [2.05, 4.69) is 20.2 Å². The van der Waals surface area contributed by atoms with Crippen molar-refractivity contribution in [2.45, 2.75) is 6.10 Å². The number of hydrazone groups is 1. The summed E-state index contributed by atoms with van der Waals surface area (Å²) in [7, 11) is 0. The van der Waals surface area contributed by atoms with Crippen molar-refractivity contribution in [1.82, 2.24) is 10.6 Å². The average molecular weight is 392 g/mol. The Labute approximate surface area is 156 Å². The second kappa shape index (κ2) is 7.27. The Kier molecular flexibility index (Phi) is 4.67. The van der Waals surface area contributed by atoms with Crippen LogP contribution in [0.4, 0.5) is 14.9 Å². The number of carbonyl (C=O) groups excluding carboxylic acids is 2. The third-order valence-electron chi connectivity index (χ3n) is 3.82. The fourth-order valence-corrected chi connectivity index (χ4v) is 3.33. The van der Waals surface area contributed by atoms with Crippen LogP contribution in [0.1, 0.15) is 5.56 Å². The van der Waals surface area contributed by atoms with Gasteiger partial charge in [0.05, 0.1) is 18.0 Å². The van der Waals surface area contributed by atoms with Gasteiger partial charge in [-0.15, -0.1) is 0 Å². The number of hydrogen-bond donors (Lipinski definition) is 1. The molecule has 27 heavy (non-hydrogen) atoms. The maximum Gasteiger partial charge on any atom is 0.414 e. The molecule has 2 aliphatic rings. The number of amides is 2. The van der Waals surface area contributed by atoms with Crippen LogP contribution >= 0.6 is 11.8 Å². The summed E-state index contributed by atoms with van der Waals surface area (Å²) in [6, 6.07) is 5.88. The number of aromatic nitrogens is 1. The summed E-state index contributed by atoms with van der Waals surface area (Å²) < 4.78 is 29.8. The Morgan fingerprint density at radius 1 is 1.37 bits per heavy atom. The number of carbonyl (C=O) groups is 2. The van der Waals surface area contributed by atoms with E-state index in [1.807, 2.05) is 0 Å². The summed E-state index contributed by atoms with van der Waals surface area (Å²) in [4.78, 5) is 24.6. The number of thioether (sulfide) groups is 1. The first-order chi connectivity index (χ1) is 13.1. The summed E-state index contributed by atoms with van der Waals surface area (Å²) >= 11 is 1.15. The van der Waals surface area contributed by atoms with Gasteiger partial charge in [-0.1, -0.05) is 11.8 Å². The van der Waals surface area contributed by atoms with E-state index >= 15 is 0 Å². The predicted octanol–water partition coefficient (Wildman–Crippen LogP) is 1.74. The van der Waals surface area contributed by atoms with Crippen LogP contribution < -0.4 is 15.1 Å². The van der Waals surface area contributed by atoms with Crippen LogP contribution in [-0.4, -0.2) is 47.2 Å². The molecule has 0 aliphatic carbocycles. The number of anilines is 1. The molecule has 1 saturated heterocycles. The molecule has 2 aromatic rings. The van der Waals surface area contributed by atoms with Crippen molar-refractivity contribution in [3.8, 4) is 5.88 Å². The number of rotatable bonds is 5. The van der Waals surface area contributed by atoms with Crippen molar-refractivity contribution >= 4 is 34.5 Å². The number of nitrogens with one attached hydrogen (secondary N) is 1. The topological polar surface area (TPSA) is 106 Å². The SMILES string of the molecule is O=C1CSC(c2ccc(N3C[C@@H](COc4ccon4)OC3=O)cc2F)=NN1. The largest absolute Gasteiger partial charge is 0.471 e. The molecule has 1 aromatic heterocycles. The van der Waals surface area contributed by atoms with Crippen molar-refractivity contribution < 1.29 is 28.0 Å². The van der Waals surface area contributed by atoms with Crippen molar-refractivity contribution in [1.29, 1.82) is 0 Å². The zero-order valence-corrected chi connectivity index (χ0v) is 14.6. The molecule has 11 heteroatoms. The molecule has 1 fully saturated rings. The molecular weight excluding hydrogens is 379 g/mol. The van der Waals surface area contributed by atoms with E-state index in [1.165, 1.54) is 29.4 Å². The van der Waals surface area contributed by atoms with Crippen LogP contribution in [0.15, 0.2) is 40.2 Å². The number of cyclic esters (lactones) is 1. The van der Waals surface area contributed by atoms with Gasteiger partial charge in [0.25, 0.3) is 11.8 Å². The molecule has 0 unspecified atom stereocenters. The lowest BCUT2D eigenvalue weighted by Crippen LogP contribution is -2.28. The van der Waals surface area contributed by atoms with Gasteiger partial charge in [0.15, 0.2) is 6.10 Å². The van der Waals surface area contributed by atoms with Gasteiger partial charge in [0, 0.05) is 11.6 Å². The first kappa shape index (κ1) is 17.3. The van der Waals surface area contributed by atoms with E-state index < -0.39 is 18.0 Å². The summed E-state index contributed by atoms with van der Waals surface area (Å²) in [5.41, 5.74) is 2.93. The lowest BCUT2D eigenvalue weighted by atomic mass is 10.2. The molecule has 0 bridgehead atoms. The Morgan fingerprint density at radius 2 is 2.26 bits per heavy atom. The van der Waals surface area contributed by atoms with Gasteiger partial charge in [-0.3, -0.25) is 9.69 Å². The predicted molar refractivity (Wildman–Crippen MR) is 93.2 cm³/mol. The van der Waals surface area contributed by atoms with Crippen LogP contribution in [0.3, 0.4) is 0 Å². The van der Waals surface area contributed by atoms with E-state index in [0.29, 0.717) is 10.7 Å². The highest BCUT2D eigenvalue weighted by atomic mass is 32.2. The molecule has 0 radical (unpaired) electrons. The molecule has 0 spiro atoms. The number of benzene rings is 1. The van der Waals surface area contributed by atoms with Gasteiger partial charge in [0.1, 0.15) is 23.7 Å². The number of hydrogen-bond acceptors (Lipinski definition) is 8. The fourth-order valence-electron chi connectivity index (χ4n) is 2.57. The third-order valence-corrected chi connectivity index (χ3v) is 4.81. The summed E-state index contributed by atoms with van der Waals surface area (Å²) in [6.07, 6.45) is 0.255. The van der Waals surface area contributed by atoms with E-state index in [-0.39, 0.29) is 36.3 Å². The minimum absolute atomic E-state index is 0.0997. The molecule has 2 aliphatic heterocycles. The third kappa shape index (κ3) is 3.72. The van der Waals surface area contributed by atoms with Crippen molar-refractivity contribution in [3.63, 3.8) is 0 Å². The smallest absolute Gasteiger partial charge is 0.414 e. The lowest BCUT2D eigenvalue weighted by Gasteiger charge is -2.16. The zero-order chi connectivity index (χ0) is 18.8. The van der Waals surface area contributed by atoms with E-state index in [9.17, 15) is 14.0 Å². The second-order valence-electron chi connectivity index (χ2n) is 5.67. The van der Waals surface area contributed by atoms with Gasteiger partial charge < -0.3 is 14.0 Å². The minimum Gasteiger partial charge on any atom is -0.471 e. The molecule has 4 rings (SSSR count). The average Bonchev–Trinajstić information content (AvgIpc) is 3.30.